The fourth-order valence-corrected chi connectivity index (χ4v) is 2.24. The van der Waals surface area contributed by atoms with Crippen molar-refractivity contribution in [3.63, 3.8) is 0 Å². The Kier molecular flexibility index (Phi) is 4.38. The smallest absolute Gasteiger partial charge is 0.252 e. The average Bonchev–Trinajstić information content (AvgIpc) is 2.81. The molecule has 0 bridgehead atoms. The Morgan fingerprint density at radius 2 is 2.33 bits per heavy atom. The van der Waals surface area contributed by atoms with Crippen molar-refractivity contribution in [1.29, 1.82) is 0 Å². The Hall–Kier alpha value is -1.34. The quantitative estimate of drug-likeness (QED) is 0.844. The Labute approximate surface area is 118 Å². The lowest BCUT2D eigenvalue weighted by Crippen LogP contribution is -2.26. The van der Waals surface area contributed by atoms with Crippen LogP contribution in [0.15, 0.2) is 38.5 Å². The molecule has 0 atom stereocenters. The van der Waals surface area contributed by atoms with E-state index in [4.69, 9.17) is 0 Å². The molecule has 0 aliphatic carbocycles. The van der Waals surface area contributed by atoms with Crippen LogP contribution in [-0.2, 0) is 6.42 Å². The first-order valence-electron chi connectivity index (χ1n) is 5.19. The fraction of sp³-hybridized carbons (Fsp3) is 0.182. The van der Waals surface area contributed by atoms with Crippen molar-refractivity contribution in [2.45, 2.75) is 11.3 Å². The summed E-state index contributed by atoms with van der Waals surface area (Å²) in [5.41, 5.74) is 0.537. The van der Waals surface area contributed by atoms with Gasteiger partial charge in [-0.25, -0.2) is 0 Å². The monoisotopic (exact) mass is 327 g/mol. The van der Waals surface area contributed by atoms with Gasteiger partial charge in [0.1, 0.15) is 0 Å². The van der Waals surface area contributed by atoms with E-state index in [1.807, 2.05) is 0 Å². The number of hydrogen-bond donors (Lipinski definition) is 2. The van der Waals surface area contributed by atoms with E-state index in [0.717, 1.165) is 4.47 Å². The van der Waals surface area contributed by atoms with Crippen LogP contribution in [0.4, 0.5) is 0 Å². The minimum Gasteiger partial charge on any atom is -0.352 e. The number of thiol groups is 1. The van der Waals surface area contributed by atoms with E-state index in [0.29, 0.717) is 29.2 Å². The van der Waals surface area contributed by atoms with Crippen LogP contribution in [0.3, 0.4) is 0 Å². The summed E-state index contributed by atoms with van der Waals surface area (Å²) in [6.45, 7) is 0.446. The highest BCUT2D eigenvalue weighted by Gasteiger charge is 2.09. The minimum absolute atomic E-state index is 0.170. The van der Waals surface area contributed by atoms with E-state index < -0.39 is 0 Å². The zero-order valence-electron chi connectivity index (χ0n) is 9.26. The number of benzene rings is 1. The van der Waals surface area contributed by atoms with Gasteiger partial charge in [-0.1, -0.05) is 21.1 Å². The van der Waals surface area contributed by atoms with Gasteiger partial charge in [-0.3, -0.25) is 4.79 Å². The molecular weight excluding hydrogens is 318 g/mol. The number of hydrogen-bond acceptors (Lipinski definition) is 5. The molecule has 1 N–H and O–H groups in total. The third kappa shape index (κ3) is 3.33. The van der Waals surface area contributed by atoms with Crippen molar-refractivity contribution in [3.8, 4) is 0 Å². The zero-order chi connectivity index (χ0) is 13.0. The maximum Gasteiger partial charge on any atom is 0.252 e. The molecule has 7 heteroatoms. The van der Waals surface area contributed by atoms with Crippen LogP contribution in [0.2, 0.25) is 0 Å². The van der Waals surface area contributed by atoms with Crippen molar-refractivity contribution < 1.29 is 9.32 Å². The van der Waals surface area contributed by atoms with Crippen LogP contribution in [-0.4, -0.2) is 22.6 Å². The fourth-order valence-electron chi connectivity index (χ4n) is 1.38. The van der Waals surface area contributed by atoms with Crippen LogP contribution < -0.4 is 5.32 Å². The second-order valence-corrected chi connectivity index (χ2v) is 4.91. The summed E-state index contributed by atoms with van der Waals surface area (Å²) in [6, 6.07) is 5.29. The van der Waals surface area contributed by atoms with Gasteiger partial charge in [-0.05, 0) is 18.2 Å². The molecule has 1 aromatic heterocycles. The maximum absolute atomic E-state index is 11.9. The third-order valence-electron chi connectivity index (χ3n) is 2.25. The number of aromatic nitrogens is 2. The van der Waals surface area contributed by atoms with E-state index in [-0.39, 0.29) is 5.91 Å². The molecule has 0 aliphatic heterocycles. The van der Waals surface area contributed by atoms with Crippen LogP contribution in [0.25, 0.3) is 0 Å². The van der Waals surface area contributed by atoms with Gasteiger partial charge in [0.2, 0.25) is 6.39 Å². The van der Waals surface area contributed by atoms with Crippen molar-refractivity contribution in [2.24, 2.45) is 0 Å². The van der Waals surface area contributed by atoms with Crippen molar-refractivity contribution in [1.82, 2.24) is 15.5 Å². The van der Waals surface area contributed by atoms with Crippen LogP contribution in [0, 0.1) is 0 Å². The van der Waals surface area contributed by atoms with Gasteiger partial charge in [0.25, 0.3) is 5.91 Å². The molecule has 0 aliphatic rings. The molecule has 0 saturated carbocycles. The second-order valence-electron chi connectivity index (χ2n) is 3.51. The summed E-state index contributed by atoms with van der Waals surface area (Å²) in [7, 11) is 0. The normalized spacial score (nSPS) is 10.3. The molecule has 1 heterocycles. The minimum atomic E-state index is -0.170. The van der Waals surface area contributed by atoms with Gasteiger partial charge in [0.15, 0.2) is 5.82 Å². The molecule has 0 unspecified atom stereocenters. The molecule has 18 heavy (non-hydrogen) atoms. The van der Waals surface area contributed by atoms with E-state index >= 15 is 0 Å². The standard InChI is InChI=1S/C11H10BrN3O2S/c12-7-1-2-8(9(18)5-7)11(16)13-4-3-10-14-6-17-15-10/h1-2,5-6,18H,3-4H2,(H,13,16). The van der Waals surface area contributed by atoms with Gasteiger partial charge in [0.05, 0.1) is 5.56 Å². The molecule has 1 aromatic carbocycles. The molecular formula is C11H10BrN3O2S. The van der Waals surface area contributed by atoms with Gasteiger partial charge >= 0.3 is 0 Å². The predicted octanol–water partition coefficient (Wildman–Crippen LogP) is 2.09. The number of amides is 1. The summed E-state index contributed by atoms with van der Waals surface area (Å²) >= 11 is 7.58. The highest BCUT2D eigenvalue weighted by molar-refractivity contribution is 9.10. The summed E-state index contributed by atoms with van der Waals surface area (Å²) in [5, 5.41) is 6.43. The predicted molar refractivity (Wildman–Crippen MR) is 71.7 cm³/mol. The van der Waals surface area contributed by atoms with Crippen LogP contribution >= 0.6 is 28.6 Å². The maximum atomic E-state index is 11.9. The Bertz CT molecular complexity index is 545. The van der Waals surface area contributed by atoms with Crippen molar-refractivity contribution >= 4 is 34.5 Å². The van der Waals surface area contributed by atoms with Gasteiger partial charge in [0, 0.05) is 22.3 Å². The lowest BCUT2D eigenvalue weighted by Gasteiger charge is -2.06. The SMILES string of the molecule is O=C(NCCc1ncon1)c1ccc(Br)cc1S. The van der Waals surface area contributed by atoms with E-state index in [2.05, 4.69) is 48.5 Å². The van der Waals surface area contributed by atoms with Gasteiger partial charge in [-0.15, -0.1) is 12.6 Å². The number of carbonyl (C=O) groups is 1. The van der Waals surface area contributed by atoms with E-state index in [1.165, 1.54) is 6.39 Å². The average molecular weight is 328 g/mol. The first-order valence-corrected chi connectivity index (χ1v) is 6.43. The van der Waals surface area contributed by atoms with E-state index in [9.17, 15) is 4.79 Å². The first kappa shape index (κ1) is 13.1. The lowest BCUT2D eigenvalue weighted by molar-refractivity contribution is 0.0951. The van der Waals surface area contributed by atoms with Gasteiger partial charge < -0.3 is 9.84 Å². The number of nitrogens with one attached hydrogen (secondary N) is 1. The highest BCUT2D eigenvalue weighted by Crippen LogP contribution is 2.19. The molecule has 0 fully saturated rings. The highest BCUT2D eigenvalue weighted by atomic mass is 79.9. The molecule has 1 amide bonds. The Balaban J connectivity index is 1.91. The summed E-state index contributed by atoms with van der Waals surface area (Å²) in [6.07, 6.45) is 1.79. The molecule has 0 spiro atoms. The number of halogens is 1. The summed E-state index contributed by atoms with van der Waals surface area (Å²) in [5.74, 6) is 0.396. The Morgan fingerprint density at radius 3 is 3.00 bits per heavy atom. The van der Waals surface area contributed by atoms with Crippen molar-refractivity contribution in [2.75, 3.05) is 6.54 Å². The Morgan fingerprint density at radius 1 is 1.50 bits per heavy atom. The number of rotatable bonds is 4. The summed E-state index contributed by atoms with van der Waals surface area (Å²) < 4.78 is 5.48. The first-order chi connectivity index (χ1) is 8.66. The molecule has 2 rings (SSSR count). The second kappa shape index (κ2) is 6.01. The molecule has 5 nitrogen and oxygen atoms in total. The molecule has 0 radical (unpaired) electrons. The summed E-state index contributed by atoms with van der Waals surface area (Å²) in [4.78, 5) is 16.4. The molecule has 2 aromatic rings. The third-order valence-corrected chi connectivity index (χ3v) is 3.11. The van der Waals surface area contributed by atoms with Crippen LogP contribution in [0.1, 0.15) is 16.2 Å². The largest absolute Gasteiger partial charge is 0.352 e. The van der Waals surface area contributed by atoms with Crippen molar-refractivity contribution in [3.05, 3.63) is 40.5 Å². The van der Waals surface area contributed by atoms with E-state index in [1.54, 1.807) is 18.2 Å². The van der Waals surface area contributed by atoms with Gasteiger partial charge in [-0.2, -0.15) is 4.98 Å². The molecule has 0 saturated heterocycles. The zero-order valence-corrected chi connectivity index (χ0v) is 11.7. The number of nitrogens with zero attached hydrogens (tertiary/aromatic N) is 2. The lowest BCUT2D eigenvalue weighted by atomic mass is 10.2. The van der Waals surface area contributed by atoms with Crippen LogP contribution in [0.5, 0.6) is 0 Å². The number of carbonyl (C=O) groups excluding carboxylic acids is 1. The topological polar surface area (TPSA) is 68.0 Å². The molecule has 94 valence electrons.